The number of amides is 1. The molecular weight excluding hydrogens is 240 g/mol. The second-order valence-electron chi connectivity index (χ2n) is 3.68. The van der Waals surface area contributed by atoms with Crippen molar-refractivity contribution >= 4 is 22.5 Å². The maximum atomic E-state index is 11.6. The van der Waals surface area contributed by atoms with Gasteiger partial charge in [0, 0.05) is 28.9 Å². The molecule has 0 bridgehead atoms. The van der Waals surface area contributed by atoms with E-state index in [1.807, 2.05) is 6.92 Å². The number of nitrogens with one attached hydrogen (secondary N) is 1. The smallest absolute Gasteiger partial charge is 0.271 e. The lowest BCUT2D eigenvalue weighted by molar-refractivity contribution is 0.0948. The molecule has 0 fully saturated rings. The first-order valence-corrected chi connectivity index (χ1v) is 6.80. The lowest BCUT2D eigenvalue weighted by atomic mass is 10.3. The van der Waals surface area contributed by atoms with Gasteiger partial charge in [-0.25, -0.2) is 9.97 Å². The molecule has 1 aromatic heterocycles. The lowest BCUT2D eigenvalue weighted by Crippen LogP contribution is -2.28. The number of hydrogen-bond acceptors (Lipinski definition) is 5. The summed E-state index contributed by atoms with van der Waals surface area (Å²) in [4.78, 5) is 19.2. The molecule has 1 aromatic rings. The number of nitrogens with zero attached hydrogens (tertiary/aromatic N) is 2. The van der Waals surface area contributed by atoms with E-state index in [9.17, 15) is 9.00 Å². The van der Waals surface area contributed by atoms with Crippen molar-refractivity contribution in [1.29, 1.82) is 0 Å². The molecule has 17 heavy (non-hydrogen) atoms. The number of rotatable bonds is 5. The summed E-state index contributed by atoms with van der Waals surface area (Å²) >= 11 is 0. The Morgan fingerprint density at radius 1 is 1.53 bits per heavy atom. The molecule has 0 saturated heterocycles. The third-order valence-electron chi connectivity index (χ3n) is 2.31. The first-order chi connectivity index (χ1) is 8.00. The Bertz CT molecular complexity index is 407. The van der Waals surface area contributed by atoms with E-state index in [1.165, 1.54) is 12.4 Å². The molecule has 1 amide bonds. The van der Waals surface area contributed by atoms with Crippen LogP contribution in [0, 0.1) is 0 Å². The van der Waals surface area contributed by atoms with E-state index in [-0.39, 0.29) is 22.7 Å². The van der Waals surface area contributed by atoms with Crippen LogP contribution in [0.15, 0.2) is 12.4 Å². The maximum absolute atomic E-state index is 11.6. The molecule has 7 heteroatoms. The molecule has 0 aromatic carbocycles. The van der Waals surface area contributed by atoms with Crippen LogP contribution in [0.1, 0.15) is 23.8 Å². The van der Waals surface area contributed by atoms with Crippen LogP contribution in [0.3, 0.4) is 0 Å². The van der Waals surface area contributed by atoms with E-state index >= 15 is 0 Å². The van der Waals surface area contributed by atoms with Gasteiger partial charge in [0.2, 0.25) is 0 Å². The Hall–Kier alpha value is -1.50. The zero-order chi connectivity index (χ0) is 12.8. The van der Waals surface area contributed by atoms with Crippen molar-refractivity contribution in [3.63, 3.8) is 0 Å². The third kappa shape index (κ3) is 4.48. The summed E-state index contributed by atoms with van der Waals surface area (Å²) in [5, 5.41) is 2.75. The van der Waals surface area contributed by atoms with Gasteiger partial charge in [-0.1, -0.05) is 6.92 Å². The molecule has 1 rings (SSSR count). The summed E-state index contributed by atoms with van der Waals surface area (Å²) in [5.41, 5.74) is 5.59. The molecule has 94 valence electrons. The largest absolute Gasteiger partial charge is 0.382 e. The Morgan fingerprint density at radius 3 is 2.76 bits per heavy atom. The van der Waals surface area contributed by atoms with Gasteiger partial charge in [-0.15, -0.1) is 0 Å². The van der Waals surface area contributed by atoms with Crippen LogP contribution in [0.2, 0.25) is 0 Å². The van der Waals surface area contributed by atoms with Gasteiger partial charge >= 0.3 is 0 Å². The van der Waals surface area contributed by atoms with Gasteiger partial charge < -0.3 is 11.1 Å². The summed E-state index contributed by atoms with van der Waals surface area (Å²) in [5.74, 6) is -0.0249. The monoisotopic (exact) mass is 256 g/mol. The van der Waals surface area contributed by atoms with E-state index in [4.69, 9.17) is 5.73 Å². The van der Waals surface area contributed by atoms with Crippen molar-refractivity contribution in [2.45, 2.75) is 18.6 Å². The van der Waals surface area contributed by atoms with Crippen LogP contribution >= 0.6 is 0 Å². The topological polar surface area (TPSA) is 98.0 Å². The Kier molecular flexibility index (Phi) is 5.02. The third-order valence-corrected chi connectivity index (χ3v) is 3.68. The van der Waals surface area contributed by atoms with Crippen LogP contribution in [-0.2, 0) is 10.8 Å². The van der Waals surface area contributed by atoms with Crippen LogP contribution in [0.5, 0.6) is 0 Å². The molecule has 0 aliphatic heterocycles. The minimum Gasteiger partial charge on any atom is -0.382 e. The molecule has 0 spiro atoms. The second kappa shape index (κ2) is 6.29. The number of aromatic nitrogens is 2. The van der Waals surface area contributed by atoms with Gasteiger partial charge in [-0.3, -0.25) is 9.00 Å². The fraction of sp³-hybridized carbons (Fsp3) is 0.500. The Morgan fingerprint density at radius 2 is 2.24 bits per heavy atom. The lowest BCUT2D eigenvalue weighted by Gasteiger charge is -2.08. The first kappa shape index (κ1) is 13.6. The van der Waals surface area contributed by atoms with Crippen LogP contribution < -0.4 is 11.1 Å². The minimum absolute atomic E-state index is 0.0628. The highest BCUT2D eigenvalue weighted by molar-refractivity contribution is 7.84. The van der Waals surface area contributed by atoms with Gasteiger partial charge in [-0.05, 0) is 6.42 Å². The highest BCUT2D eigenvalue weighted by Gasteiger charge is 2.09. The summed E-state index contributed by atoms with van der Waals surface area (Å²) in [6, 6.07) is 0. The molecular formula is C10H16N4O2S. The Balaban J connectivity index is 2.40. The average molecular weight is 256 g/mol. The first-order valence-electron chi connectivity index (χ1n) is 5.18. The van der Waals surface area contributed by atoms with Gasteiger partial charge in [0.1, 0.15) is 11.5 Å². The summed E-state index contributed by atoms with van der Waals surface area (Å²) in [7, 11) is -0.868. The van der Waals surface area contributed by atoms with E-state index in [0.29, 0.717) is 13.0 Å². The van der Waals surface area contributed by atoms with Gasteiger partial charge in [-0.2, -0.15) is 0 Å². The van der Waals surface area contributed by atoms with Crippen LogP contribution in [0.4, 0.5) is 5.82 Å². The van der Waals surface area contributed by atoms with E-state index in [1.54, 1.807) is 6.26 Å². The fourth-order valence-electron chi connectivity index (χ4n) is 1.10. The summed E-state index contributed by atoms with van der Waals surface area (Å²) in [6.45, 7) is 2.34. The second-order valence-corrected chi connectivity index (χ2v) is 5.48. The number of nitrogen functional groups attached to an aromatic ring is 1. The average Bonchev–Trinajstić information content (AvgIpc) is 2.29. The quantitative estimate of drug-likeness (QED) is 0.769. The van der Waals surface area contributed by atoms with Crippen molar-refractivity contribution in [2.24, 2.45) is 0 Å². The zero-order valence-electron chi connectivity index (χ0n) is 9.84. The summed E-state index contributed by atoms with van der Waals surface area (Å²) in [6.07, 6.45) is 4.97. The van der Waals surface area contributed by atoms with Crippen LogP contribution in [0.25, 0.3) is 0 Å². The molecule has 0 saturated carbocycles. The van der Waals surface area contributed by atoms with Crippen molar-refractivity contribution in [3.05, 3.63) is 18.1 Å². The van der Waals surface area contributed by atoms with Crippen LogP contribution in [-0.4, -0.2) is 38.1 Å². The molecule has 0 aliphatic carbocycles. The van der Waals surface area contributed by atoms with Gasteiger partial charge in [0.15, 0.2) is 0 Å². The van der Waals surface area contributed by atoms with E-state index < -0.39 is 10.8 Å². The van der Waals surface area contributed by atoms with E-state index in [0.717, 1.165) is 0 Å². The van der Waals surface area contributed by atoms with Crippen molar-refractivity contribution in [2.75, 3.05) is 18.5 Å². The van der Waals surface area contributed by atoms with Gasteiger partial charge in [0.05, 0.1) is 12.4 Å². The predicted molar refractivity (Wildman–Crippen MR) is 66.9 cm³/mol. The molecule has 0 radical (unpaired) electrons. The molecule has 3 N–H and O–H groups in total. The minimum atomic E-state index is -0.868. The fourth-order valence-corrected chi connectivity index (χ4v) is 1.55. The van der Waals surface area contributed by atoms with E-state index in [2.05, 4.69) is 15.3 Å². The zero-order valence-corrected chi connectivity index (χ0v) is 10.7. The number of nitrogens with two attached hydrogens (primary N) is 1. The maximum Gasteiger partial charge on any atom is 0.271 e. The highest BCUT2D eigenvalue weighted by Crippen LogP contribution is 1.99. The predicted octanol–water partition coefficient (Wildman–Crippen LogP) is -0.0543. The SMILES string of the molecule is CC(CCNC(=O)c1cnc(N)cn1)S(C)=O. The van der Waals surface area contributed by atoms with Crippen molar-refractivity contribution in [3.8, 4) is 0 Å². The molecule has 2 unspecified atom stereocenters. The molecule has 6 nitrogen and oxygen atoms in total. The molecule has 0 aliphatic rings. The Labute approximate surface area is 102 Å². The number of carbonyl (C=O) groups excluding carboxylic acids is 1. The van der Waals surface area contributed by atoms with Crippen molar-refractivity contribution < 1.29 is 9.00 Å². The molecule has 1 heterocycles. The number of carbonyl (C=O) groups is 1. The van der Waals surface area contributed by atoms with Gasteiger partial charge in [0.25, 0.3) is 5.91 Å². The standard InChI is InChI=1S/C10H16N4O2S/c1-7(17(2)16)3-4-12-10(15)8-5-14-9(11)6-13-8/h5-7H,3-4H2,1-2H3,(H2,11,14)(H,12,15). The number of hydrogen-bond donors (Lipinski definition) is 2. The summed E-state index contributed by atoms with van der Waals surface area (Å²) < 4.78 is 11.1. The normalized spacial score (nSPS) is 14.0. The highest BCUT2D eigenvalue weighted by atomic mass is 32.2. The molecule has 2 atom stereocenters. The van der Waals surface area contributed by atoms with Crippen molar-refractivity contribution in [1.82, 2.24) is 15.3 Å². The number of anilines is 1.